The highest BCUT2D eigenvalue weighted by Crippen LogP contribution is 2.30. The second kappa shape index (κ2) is 8.30. The Bertz CT molecular complexity index is 755. The van der Waals surface area contributed by atoms with E-state index in [2.05, 4.69) is 31.2 Å². The first-order valence-corrected chi connectivity index (χ1v) is 9.48. The van der Waals surface area contributed by atoms with Gasteiger partial charge in [-0.2, -0.15) is 5.26 Å². The van der Waals surface area contributed by atoms with Crippen LogP contribution in [-0.4, -0.2) is 0 Å². The van der Waals surface area contributed by atoms with E-state index in [9.17, 15) is 4.39 Å². The van der Waals surface area contributed by atoms with Gasteiger partial charge in [0, 0.05) is 0 Å². The highest BCUT2D eigenvalue weighted by molar-refractivity contribution is 5.40. The number of benzene rings is 2. The molecule has 0 saturated carbocycles. The van der Waals surface area contributed by atoms with Crippen LogP contribution < -0.4 is 0 Å². The second-order valence-corrected chi connectivity index (χ2v) is 7.28. The first-order valence-electron chi connectivity index (χ1n) is 9.48. The minimum Gasteiger partial charge on any atom is -0.206 e. The van der Waals surface area contributed by atoms with Crippen LogP contribution >= 0.6 is 0 Å². The van der Waals surface area contributed by atoms with Crippen LogP contribution in [0.15, 0.2) is 36.4 Å². The molecule has 1 aliphatic rings. The van der Waals surface area contributed by atoms with Gasteiger partial charge in [-0.3, -0.25) is 0 Å². The molecule has 2 aromatic carbocycles. The zero-order valence-corrected chi connectivity index (χ0v) is 15.0. The zero-order chi connectivity index (χ0) is 17.6. The van der Waals surface area contributed by atoms with Gasteiger partial charge in [-0.05, 0) is 85.3 Å². The van der Waals surface area contributed by atoms with Gasteiger partial charge in [0.2, 0.25) is 0 Å². The van der Waals surface area contributed by atoms with Crippen molar-refractivity contribution < 1.29 is 4.39 Å². The summed E-state index contributed by atoms with van der Waals surface area (Å²) in [6, 6.07) is 14.3. The molecule has 0 fully saturated rings. The van der Waals surface area contributed by atoms with Crippen LogP contribution in [0.2, 0.25) is 0 Å². The fourth-order valence-corrected chi connectivity index (χ4v) is 3.81. The maximum absolute atomic E-state index is 13.9. The number of halogens is 1. The molecule has 0 bridgehead atoms. The predicted octanol–water partition coefficient (Wildman–Crippen LogP) is 5.78. The van der Waals surface area contributed by atoms with Crippen LogP contribution in [-0.2, 0) is 25.7 Å². The van der Waals surface area contributed by atoms with Crippen molar-refractivity contribution in [3.8, 4) is 6.07 Å². The molecule has 0 N–H and O–H groups in total. The quantitative estimate of drug-likeness (QED) is 0.656. The number of hydrogen-bond donors (Lipinski definition) is 0. The SMILES string of the molecule is CCCCc1ccc(CCC2CCc3cc(C#N)c(F)cc3C2)cc1. The summed E-state index contributed by atoms with van der Waals surface area (Å²) in [5.74, 6) is 0.240. The largest absolute Gasteiger partial charge is 0.206 e. The van der Waals surface area contributed by atoms with Crippen molar-refractivity contribution >= 4 is 0 Å². The van der Waals surface area contributed by atoms with Crippen LogP contribution in [0, 0.1) is 23.1 Å². The Kier molecular flexibility index (Phi) is 5.87. The number of nitriles is 1. The van der Waals surface area contributed by atoms with Gasteiger partial charge in [0.05, 0.1) is 5.56 Å². The Morgan fingerprint density at radius 2 is 1.80 bits per heavy atom. The van der Waals surface area contributed by atoms with Gasteiger partial charge in [-0.15, -0.1) is 0 Å². The third-order valence-corrected chi connectivity index (χ3v) is 5.42. The van der Waals surface area contributed by atoms with Crippen molar-refractivity contribution in [3.63, 3.8) is 0 Å². The van der Waals surface area contributed by atoms with Gasteiger partial charge in [-0.1, -0.05) is 37.6 Å². The van der Waals surface area contributed by atoms with Crippen molar-refractivity contribution in [1.29, 1.82) is 5.26 Å². The molecule has 1 atom stereocenters. The molecule has 0 heterocycles. The van der Waals surface area contributed by atoms with Gasteiger partial charge < -0.3 is 0 Å². The molecular weight excluding hydrogens is 309 g/mol. The Morgan fingerprint density at radius 3 is 2.48 bits per heavy atom. The van der Waals surface area contributed by atoms with Crippen LogP contribution in [0.5, 0.6) is 0 Å². The molecule has 0 amide bonds. The highest BCUT2D eigenvalue weighted by Gasteiger charge is 2.20. The van der Waals surface area contributed by atoms with E-state index in [0.29, 0.717) is 5.92 Å². The third kappa shape index (κ3) is 4.48. The maximum Gasteiger partial charge on any atom is 0.141 e. The van der Waals surface area contributed by atoms with Gasteiger partial charge in [0.15, 0.2) is 0 Å². The van der Waals surface area contributed by atoms with Gasteiger partial charge in [0.25, 0.3) is 0 Å². The van der Waals surface area contributed by atoms with Crippen molar-refractivity contribution in [3.05, 3.63) is 70.0 Å². The third-order valence-electron chi connectivity index (χ3n) is 5.42. The first kappa shape index (κ1) is 17.7. The minimum atomic E-state index is -0.371. The number of rotatable bonds is 6. The van der Waals surface area contributed by atoms with Crippen LogP contribution in [0.4, 0.5) is 4.39 Å². The lowest BCUT2D eigenvalue weighted by atomic mass is 9.80. The van der Waals surface area contributed by atoms with E-state index in [1.165, 1.54) is 30.4 Å². The van der Waals surface area contributed by atoms with Crippen LogP contribution in [0.3, 0.4) is 0 Å². The first-order chi connectivity index (χ1) is 12.2. The smallest absolute Gasteiger partial charge is 0.141 e. The molecule has 3 rings (SSSR count). The average Bonchev–Trinajstić information content (AvgIpc) is 2.64. The number of aryl methyl sites for hydroxylation is 3. The average molecular weight is 335 g/mol. The lowest BCUT2D eigenvalue weighted by Crippen LogP contribution is -2.15. The van der Waals surface area contributed by atoms with Crippen LogP contribution in [0.1, 0.15) is 60.4 Å². The lowest BCUT2D eigenvalue weighted by Gasteiger charge is -2.25. The summed E-state index contributed by atoms with van der Waals surface area (Å²) in [5, 5.41) is 8.96. The van der Waals surface area contributed by atoms with Gasteiger partial charge in [-0.25, -0.2) is 4.39 Å². The summed E-state index contributed by atoms with van der Waals surface area (Å²) in [7, 11) is 0. The molecule has 0 aromatic heterocycles. The van der Waals surface area contributed by atoms with Crippen molar-refractivity contribution in [2.75, 3.05) is 0 Å². The molecule has 130 valence electrons. The Morgan fingerprint density at radius 1 is 1.08 bits per heavy atom. The van der Waals surface area contributed by atoms with E-state index in [0.717, 1.165) is 43.2 Å². The minimum absolute atomic E-state index is 0.181. The fraction of sp³-hybridized carbons (Fsp3) is 0.435. The standard InChI is InChI=1S/C23H26FN/c1-2-3-4-17-5-7-18(8-6-17)9-10-19-11-12-20-14-22(16-25)23(24)15-21(20)13-19/h5-8,14-15,19H,2-4,9-13H2,1H3. The van der Waals surface area contributed by atoms with E-state index in [-0.39, 0.29) is 11.4 Å². The monoisotopic (exact) mass is 335 g/mol. The summed E-state index contributed by atoms with van der Waals surface area (Å²) in [6.07, 6.45) is 8.94. The molecule has 1 nitrogen and oxygen atoms in total. The number of nitrogens with zero attached hydrogens (tertiary/aromatic N) is 1. The molecule has 0 radical (unpaired) electrons. The van der Waals surface area contributed by atoms with Gasteiger partial charge >= 0.3 is 0 Å². The molecule has 2 aromatic rings. The van der Waals surface area contributed by atoms with E-state index >= 15 is 0 Å². The van der Waals surface area contributed by atoms with Gasteiger partial charge in [0.1, 0.15) is 11.9 Å². The Balaban J connectivity index is 1.56. The predicted molar refractivity (Wildman–Crippen MR) is 100 cm³/mol. The molecule has 2 heteroatoms. The summed E-state index contributed by atoms with van der Waals surface area (Å²) < 4.78 is 13.9. The van der Waals surface area contributed by atoms with Crippen LogP contribution in [0.25, 0.3) is 0 Å². The maximum atomic E-state index is 13.9. The molecule has 0 saturated heterocycles. The molecule has 0 aliphatic heterocycles. The van der Waals surface area contributed by atoms with Crippen molar-refractivity contribution in [2.45, 2.75) is 58.3 Å². The van der Waals surface area contributed by atoms with E-state index in [1.54, 1.807) is 12.1 Å². The van der Waals surface area contributed by atoms with E-state index in [4.69, 9.17) is 5.26 Å². The summed E-state index contributed by atoms with van der Waals surface area (Å²) in [5.41, 5.74) is 5.27. The molecule has 25 heavy (non-hydrogen) atoms. The Hall–Kier alpha value is -2.14. The zero-order valence-electron chi connectivity index (χ0n) is 15.0. The molecular formula is C23H26FN. The van der Waals surface area contributed by atoms with Crippen molar-refractivity contribution in [1.82, 2.24) is 0 Å². The number of fused-ring (bicyclic) bond motifs is 1. The fourth-order valence-electron chi connectivity index (χ4n) is 3.81. The normalized spacial score (nSPS) is 16.3. The summed E-state index contributed by atoms with van der Waals surface area (Å²) >= 11 is 0. The lowest BCUT2D eigenvalue weighted by molar-refractivity contribution is 0.425. The number of hydrogen-bond acceptors (Lipinski definition) is 1. The highest BCUT2D eigenvalue weighted by atomic mass is 19.1. The number of unbranched alkanes of at least 4 members (excludes halogenated alkanes) is 1. The topological polar surface area (TPSA) is 23.8 Å². The van der Waals surface area contributed by atoms with E-state index < -0.39 is 0 Å². The molecule has 0 spiro atoms. The second-order valence-electron chi connectivity index (χ2n) is 7.28. The molecule has 1 unspecified atom stereocenters. The summed E-state index contributed by atoms with van der Waals surface area (Å²) in [4.78, 5) is 0. The molecule has 1 aliphatic carbocycles. The summed E-state index contributed by atoms with van der Waals surface area (Å²) in [6.45, 7) is 2.23. The van der Waals surface area contributed by atoms with Crippen molar-refractivity contribution in [2.24, 2.45) is 5.92 Å². The Labute approximate surface area is 150 Å². The van der Waals surface area contributed by atoms with E-state index in [1.807, 2.05) is 6.07 Å².